The first kappa shape index (κ1) is 21.0. The van der Waals surface area contributed by atoms with Gasteiger partial charge in [0.25, 0.3) is 5.91 Å². The summed E-state index contributed by atoms with van der Waals surface area (Å²) >= 11 is 0. The summed E-state index contributed by atoms with van der Waals surface area (Å²) in [7, 11) is -1.84. The lowest BCUT2D eigenvalue weighted by atomic mass is 9.99. The molecule has 1 amide bonds. The van der Waals surface area contributed by atoms with Crippen LogP contribution in [0.4, 0.5) is 5.69 Å². The predicted octanol–water partition coefficient (Wildman–Crippen LogP) is 3.89. The Morgan fingerprint density at radius 3 is 2.22 bits per heavy atom. The van der Waals surface area contributed by atoms with E-state index in [1.807, 2.05) is 13.0 Å². The molecule has 0 aliphatic heterocycles. The van der Waals surface area contributed by atoms with Gasteiger partial charge in [0.05, 0.1) is 18.0 Å². The summed E-state index contributed by atoms with van der Waals surface area (Å²) in [6.45, 7) is 7.97. The van der Waals surface area contributed by atoms with Crippen LogP contribution in [0.2, 0.25) is 0 Å². The quantitative estimate of drug-likeness (QED) is 0.816. The molecule has 5 nitrogen and oxygen atoms in total. The van der Waals surface area contributed by atoms with Crippen molar-refractivity contribution in [2.24, 2.45) is 0 Å². The van der Waals surface area contributed by atoms with E-state index in [1.165, 1.54) is 22.5 Å². The van der Waals surface area contributed by atoms with Gasteiger partial charge in [-0.2, -0.15) is 0 Å². The van der Waals surface area contributed by atoms with Gasteiger partial charge in [-0.15, -0.1) is 0 Å². The van der Waals surface area contributed by atoms with E-state index in [0.29, 0.717) is 11.3 Å². The Morgan fingerprint density at radius 2 is 1.70 bits per heavy atom. The van der Waals surface area contributed by atoms with Crippen molar-refractivity contribution in [3.8, 4) is 0 Å². The first-order chi connectivity index (χ1) is 12.5. The lowest BCUT2D eigenvalue weighted by Gasteiger charge is -2.21. The molecule has 1 N–H and O–H groups in total. The van der Waals surface area contributed by atoms with Crippen LogP contribution >= 0.6 is 0 Å². The van der Waals surface area contributed by atoms with Crippen LogP contribution in [0, 0.1) is 20.8 Å². The number of benzene rings is 2. The fraction of sp³-hybridized carbons (Fsp3) is 0.381. The Morgan fingerprint density at radius 1 is 1.04 bits per heavy atom. The van der Waals surface area contributed by atoms with Gasteiger partial charge >= 0.3 is 0 Å². The highest BCUT2D eigenvalue weighted by atomic mass is 32.2. The van der Waals surface area contributed by atoms with E-state index in [0.717, 1.165) is 23.8 Å². The minimum atomic E-state index is -3.35. The molecule has 6 heteroatoms. The zero-order valence-corrected chi connectivity index (χ0v) is 17.6. The third kappa shape index (κ3) is 4.89. The molecule has 2 aromatic carbocycles. The molecule has 0 radical (unpaired) electrons. The minimum Gasteiger partial charge on any atom is -0.345 e. The maximum atomic E-state index is 12.7. The highest BCUT2D eigenvalue weighted by Gasteiger charge is 2.18. The van der Waals surface area contributed by atoms with Crippen LogP contribution in [-0.4, -0.2) is 27.6 Å². The number of carbonyl (C=O) groups is 1. The Bertz CT molecular complexity index is 952. The van der Waals surface area contributed by atoms with Crippen molar-refractivity contribution in [1.82, 2.24) is 5.32 Å². The molecule has 27 heavy (non-hydrogen) atoms. The maximum absolute atomic E-state index is 12.7. The molecule has 0 saturated carbocycles. The summed E-state index contributed by atoms with van der Waals surface area (Å²) in [6, 6.07) is 11.2. The Kier molecular flexibility index (Phi) is 6.31. The lowest BCUT2D eigenvalue weighted by Crippen LogP contribution is -2.29. The molecule has 2 rings (SSSR count). The van der Waals surface area contributed by atoms with Crippen molar-refractivity contribution in [3.05, 3.63) is 64.2 Å². The van der Waals surface area contributed by atoms with E-state index in [9.17, 15) is 13.2 Å². The zero-order chi connectivity index (χ0) is 20.4. The van der Waals surface area contributed by atoms with Crippen LogP contribution < -0.4 is 9.62 Å². The number of sulfonamides is 1. The second kappa shape index (κ2) is 8.13. The summed E-state index contributed by atoms with van der Waals surface area (Å²) in [4.78, 5) is 12.7. The second-order valence-corrected chi connectivity index (χ2v) is 9.02. The minimum absolute atomic E-state index is 0.0736. The molecular formula is C21H28N2O3S. The Labute approximate surface area is 162 Å². The first-order valence-electron chi connectivity index (χ1n) is 8.97. The molecule has 0 bridgehead atoms. The van der Waals surface area contributed by atoms with Crippen molar-refractivity contribution in [1.29, 1.82) is 0 Å². The summed E-state index contributed by atoms with van der Waals surface area (Å²) < 4.78 is 24.7. The Balaban J connectivity index is 2.24. The van der Waals surface area contributed by atoms with Crippen LogP contribution in [0.1, 0.15) is 52.0 Å². The third-order valence-electron chi connectivity index (χ3n) is 4.94. The lowest BCUT2D eigenvalue weighted by molar-refractivity contribution is 0.0935. The van der Waals surface area contributed by atoms with E-state index < -0.39 is 10.0 Å². The largest absolute Gasteiger partial charge is 0.345 e. The van der Waals surface area contributed by atoms with E-state index in [2.05, 4.69) is 31.3 Å². The van der Waals surface area contributed by atoms with Gasteiger partial charge in [0.1, 0.15) is 0 Å². The fourth-order valence-electron chi connectivity index (χ4n) is 2.97. The van der Waals surface area contributed by atoms with Gasteiger partial charge in [0, 0.05) is 12.6 Å². The van der Waals surface area contributed by atoms with Crippen molar-refractivity contribution in [3.63, 3.8) is 0 Å². The van der Waals surface area contributed by atoms with Crippen molar-refractivity contribution < 1.29 is 13.2 Å². The second-order valence-electron chi connectivity index (χ2n) is 7.01. The number of anilines is 1. The van der Waals surface area contributed by atoms with Crippen molar-refractivity contribution >= 4 is 21.6 Å². The summed E-state index contributed by atoms with van der Waals surface area (Å²) in [5, 5.41) is 3.08. The average molecular weight is 389 g/mol. The van der Waals surface area contributed by atoms with Crippen LogP contribution in [-0.2, 0) is 10.0 Å². The predicted molar refractivity (Wildman–Crippen MR) is 111 cm³/mol. The Hall–Kier alpha value is -2.34. The molecule has 1 atom stereocenters. The molecule has 2 aromatic rings. The van der Waals surface area contributed by atoms with Gasteiger partial charge in [-0.05, 0) is 67.6 Å². The van der Waals surface area contributed by atoms with Gasteiger partial charge in [-0.3, -0.25) is 9.10 Å². The molecule has 146 valence electrons. The van der Waals surface area contributed by atoms with Crippen molar-refractivity contribution in [2.45, 2.75) is 40.2 Å². The molecule has 0 fully saturated rings. The standard InChI is InChI=1S/C21H28N2O3S/c1-7-19(17-9-8-14(2)15(3)12-17)22-21(24)18-10-11-20(16(4)13-18)23(5)27(6,25)26/h8-13,19H,7H2,1-6H3,(H,22,24). The molecule has 0 heterocycles. The molecule has 0 aliphatic carbocycles. The van der Waals surface area contributed by atoms with E-state index in [1.54, 1.807) is 25.1 Å². The number of nitrogens with zero attached hydrogens (tertiary/aromatic N) is 1. The maximum Gasteiger partial charge on any atom is 0.251 e. The third-order valence-corrected chi connectivity index (χ3v) is 6.13. The monoisotopic (exact) mass is 388 g/mol. The molecule has 0 spiro atoms. The van der Waals surface area contributed by atoms with Gasteiger partial charge in [0.15, 0.2) is 0 Å². The number of nitrogens with one attached hydrogen (secondary N) is 1. The van der Waals surface area contributed by atoms with Gasteiger partial charge in [-0.1, -0.05) is 25.1 Å². The molecular weight excluding hydrogens is 360 g/mol. The molecule has 0 aliphatic rings. The zero-order valence-electron chi connectivity index (χ0n) is 16.8. The van der Waals surface area contributed by atoms with E-state index in [4.69, 9.17) is 0 Å². The van der Waals surface area contributed by atoms with Gasteiger partial charge in [-0.25, -0.2) is 8.42 Å². The van der Waals surface area contributed by atoms with Crippen LogP contribution in [0.3, 0.4) is 0 Å². The first-order valence-corrected chi connectivity index (χ1v) is 10.8. The van der Waals surface area contributed by atoms with Crippen LogP contribution in [0.5, 0.6) is 0 Å². The number of hydrogen-bond acceptors (Lipinski definition) is 3. The fourth-order valence-corrected chi connectivity index (χ4v) is 3.53. The topological polar surface area (TPSA) is 66.5 Å². The number of amides is 1. The molecule has 1 unspecified atom stereocenters. The van der Waals surface area contributed by atoms with E-state index in [-0.39, 0.29) is 11.9 Å². The average Bonchev–Trinajstić information content (AvgIpc) is 2.60. The highest BCUT2D eigenvalue weighted by molar-refractivity contribution is 7.92. The number of rotatable bonds is 6. The van der Waals surface area contributed by atoms with Crippen LogP contribution in [0.15, 0.2) is 36.4 Å². The smallest absolute Gasteiger partial charge is 0.251 e. The number of carbonyl (C=O) groups excluding carboxylic acids is 1. The van der Waals surface area contributed by atoms with Crippen LogP contribution in [0.25, 0.3) is 0 Å². The molecule has 0 saturated heterocycles. The number of aryl methyl sites for hydroxylation is 3. The highest BCUT2D eigenvalue weighted by Crippen LogP contribution is 2.24. The summed E-state index contributed by atoms with van der Waals surface area (Å²) in [5.74, 6) is -0.170. The molecule has 0 aromatic heterocycles. The SMILES string of the molecule is CCC(NC(=O)c1ccc(N(C)S(C)(=O)=O)c(C)c1)c1ccc(C)c(C)c1. The summed E-state index contributed by atoms with van der Waals surface area (Å²) in [5.41, 5.74) is 5.31. The van der Waals surface area contributed by atoms with Gasteiger partial charge in [0.2, 0.25) is 10.0 Å². The van der Waals surface area contributed by atoms with E-state index >= 15 is 0 Å². The normalized spacial score (nSPS) is 12.5. The van der Waals surface area contributed by atoms with Gasteiger partial charge < -0.3 is 5.32 Å². The van der Waals surface area contributed by atoms with Crippen molar-refractivity contribution in [2.75, 3.05) is 17.6 Å². The summed E-state index contributed by atoms with van der Waals surface area (Å²) in [6.07, 6.45) is 1.94. The number of hydrogen-bond donors (Lipinski definition) is 1.